The van der Waals surface area contributed by atoms with Gasteiger partial charge in [-0.1, -0.05) is 25.4 Å². The number of rotatable bonds is 8. The van der Waals surface area contributed by atoms with E-state index in [1.165, 1.54) is 30.3 Å². The maximum atomic E-state index is 13.0. The Morgan fingerprint density at radius 2 is 1.79 bits per heavy atom. The van der Waals surface area contributed by atoms with Crippen molar-refractivity contribution < 1.29 is 23.5 Å². The van der Waals surface area contributed by atoms with Gasteiger partial charge in [-0.2, -0.15) is 0 Å². The molecule has 0 aliphatic carbocycles. The quantitative estimate of drug-likeness (QED) is 0.631. The Balaban J connectivity index is 2.03. The molecule has 2 aromatic carbocycles. The molecule has 2 aromatic rings. The topological polar surface area (TPSA) is 84.5 Å². The summed E-state index contributed by atoms with van der Waals surface area (Å²) in [5.41, 5.74) is 0.368. The molecule has 0 unspecified atom stereocenters. The van der Waals surface area contributed by atoms with Crippen LogP contribution >= 0.6 is 11.6 Å². The van der Waals surface area contributed by atoms with Crippen molar-refractivity contribution >= 4 is 35.1 Å². The molecule has 0 spiro atoms. The van der Waals surface area contributed by atoms with Crippen LogP contribution in [0.15, 0.2) is 42.5 Å². The van der Waals surface area contributed by atoms with E-state index in [2.05, 4.69) is 10.6 Å². The minimum atomic E-state index is -0.782. The molecule has 8 heteroatoms. The first-order chi connectivity index (χ1) is 13.8. The van der Waals surface area contributed by atoms with Gasteiger partial charge in [-0.15, -0.1) is 0 Å². The Morgan fingerprint density at radius 1 is 1.10 bits per heavy atom. The molecule has 0 radical (unpaired) electrons. The number of carbonyl (C=O) groups is 3. The number of esters is 1. The number of amides is 2. The highest BCUT2D eigenvalue weighted by molar-refractivity contribution is 6.31. The van der Waals surface area contributed by atoms with Gasteiger partial charge in [0, 0.05) is 17.1 Å². The summed E-state index contributed by atoms with van der Waals surface area (Å²) in [7, 11) is 0. The summed E-state index contributed by atoms with van der Waals surface area (Å²) in [6.45, 7) is 4.13. The van der Waals surface area contributed by atoms with Crippen LogP contribution in [-0.4, -0.2) is 30.9 Å². The molecule has 0 heterocycles. The standard InChI is InChI=1S/C21H22ClFN2O4/c1-13(2)9-10-24-19(26)12-29-21(28)17-8-5-15(22)11-18(17)25-20(27)14-3-6-16(23)7-4-14/h3-8,11,13H,9-10,12H2,1-2H3,(H,24,26)(H,25,27). The number of hydrogen-bond donors (Lipinski definition) is 2. The van der Waals surface area contributed by atoms with Crippen molar-refractivity contribution in [3.8, 4) is 0 Å². The second-order valence-electron chi connectivity index (χ2n) is 6.76. The number of nitrogens with one attached hydrogen (secondary N) is 2. The maximum absolute atomic E-state index is 13.0. The molecule has 0 aliphatic heterocycles. The average Bonchev–Trinajstić information content (AvgIpc) is 2.66. The van der Waals surface area contributed by atoms with Crippen LogP contribution in [0.3, 0.4) is 0 Å². The van der Waals surface area contributed by atoms with Crippen LogP contribution < -0.4 is 10.6 Å². The van der Waals surface area contributed by atoms with Gasteiger partial charge >= 0.3 is 5.97 Å². The van der Waals surface area contributed by atoms with Gasteiger partial charge in [-0.25, -0.2) is 9.18 Å². The lowest BCUT2D eigenvalue weighted by Gasteiger charge is -2.12. The van der Waals surface area contributed by atoms with Crippen molar-refractivity contribution in [2.24, 2.45) is 5.92 Å². The molecule has 2 N–H and O–H groups in total. The number of hydrogen-bond acceptors (Lipinski definition) is 4. The van der Waals surface area contributed by atoms with E-state index in [9.17, 15) is 18.8 Å². The molecule has 2 amide bonds. The highest BCUT2D eigenvalue weighted by Gasteiger charge is 2.17. The van der Waals surface area contributed by atoms with E-state index in [-0.39, 0.29) is 16.8 Å². The lowest BCUT2D eigenvalue weighted by Crippen LogP contribution is -2.30. The molecule has 0 saturated carbocycles. The number of carbonyl (C=O) groups excluding carboxylic acids is 3. The Hall–Kier alpha value is -2.93. The van der Waals surface area contributed by atoms with Gasteiger partial charge in [-0.05, 0) is 54.8 Å². The molecule has 0 bridgehead atoms. The maximum Gasteiger partial charge on any atom is 0.340 e. The van der Waals surface area contributed by atoms with Gasteiger partial charge in [0.25, 0.3) is 11.8 Å². The van der Waals surface area contributed by atoms with Crippen LogP contribution in [0.5, 0.6) is 0 Å². The Morgan fingerprint density at radius 3 is 2.45 bits per heavy atom. The zero-order valence-corrected chi connectivity index (χ0v) is 16.9. The minimum Gasteiger partial charge on any atom is -0.452 e. The van der Waals surface area contributed by atoms with E-state index < -0.39 is 30.2 Å². The molecule has 0 aromatic heterocycles. The first kappa shape index (κ1) is 22.4. The molecule has 0 aliphatic rings. The van der Waals surface area contributed by atoms with Crippen molar-refractivity contribution in [2.45, 2.75) is 20.3 Å². The van der Waals surface area contributed by atoms with E-state index in [1.807, 2.05) is 13.8 Å². The summed E-state index contributed by atoms with van der Waals surface area (Å²) in [5, 5.41) is 5.51. The van der Waals surface area contributed by atoms with Crippen LogP contribution in [0.25, 0.3) is 0 Å². The molecular formula is C21H22ClFN2O4. The van der Waals surface area contributed by atoms with Crippen molar-refractivity contribution in [1.82, 2.24) is 5.32 Å². The molecule has 0 fully saturated rings. The average molecular weight is 421 g/mol. The van der Waals surface area contributed by atoms with E-state index in [0.29, 0.717) is 17.5 Å². The van der Waals surface area contributed by atoms with Gasteiger partial charge in [0.05, 0.1) is 11.3 Å². The summed E-state index contributed by atoms with van der Waals surface area (Å²) >= 11 is 5.96. The highest BCUT2D eigenvalue weighted by Crippen LogP contribution is 2.23. The predicted octanol–water partition coefficient (Wildman–Crippen LogP) is 4.05. The van der Waals surface area contributed by atoms with Crippen LogP contribution in [0.1, 0.15) is 41.0 Å². The van der Waals surface area contributed by atoms with Crippen molar-refractivity contribution in [3.63, 3.8) is 0 Å². The summed E-state index contributed by atoms with van der Waals surface area (Å²) in [6.07, 6.45) is 0.816. The van der Waals surface area contributed by atoms with Crippen LogP contribution in [0.2, 0.25) is 5.02 Å². The third kappa shape index (κ3) is 7.19. The Labute approximate surface area is 173 Å². The van der Waals surface area contributed by atoms with E-state index in [4.69, 9.17) is 16.3 Å². The molecule has 154 valence electrons. The first-order valence-corrected chi connectivity index (χ1v) is 9.44. The fraction of sp³-hybridized carbons (Fsp3) is 0.286. The summed E-state index contributed by atoms with van der Waals surface area (Å²) < 4.78 is 18.1. The molecule has 2 rings (SSSR count). The number of benzene rings is 2. The summed E-state index contributed by atoms with van der Waals surface area (Å²) in [4.78, 5) is 36.5. The van der Waals surface area contributed by atoms with Crippen molar-refractivity contribution in [1.29, 1.82) is 0 Å². The third-order valence-corrected chi connectivity index (χ3v) is 4.17. The van der Waals surface area contributed by atoms with E-state index in [0.717, 1.165) is 18.6 Å². The Bertz CT molecular complexity index is 885. The molecule has 29 heavy (non-hydrogen) atoms. The third-order valence-electron chi connectivity index (χ3n) is 3.93. The summed E-state index contributed by atoms with van der Waals surface area (Å²) in [6, 6.07) is 9.18. The number of halogens is 2. The first-order valence-electron chi connectivity index (χ1n) is 9.06. The number of ether oxygens (including phenoxy) is 1. The number of anilines is 1. The Kier molecular flexibility index (Phi) is 8.15. The van der Waals surface area contributed by atoms with Crippen LogP contribution in [0.4, 0.5) is 10.1 Å². The minimum absolute atomic E-state index is 0.0415. The highest BCUT2D eigenvalue weighted by atomic mass is 35.5. The van der Waals surface area contributed by atoms with Gasteiger partial charge in [0.15, 0.2) is 6.61 Å². The van der Waals surface area contributed by atoms with Crippen LogP contribution in [-0.2, 0) is 9.53 Å². The van der Waals surface area contributed by atoms with Gasteiger partial charge in [0.2, 0.25) is 0 Å². The lowest BCUT2D eigenvalue weighted by molar-refractivity contribution is -0.124. The normalized spacial score (nSPS) is 10.5. The van der Waals surface area contributed by atoms with Crippen molar-refractivity contribution in [3.05, 3.63) is 64.4 Å². The fourth-order valence-corrected chi connectivity index (χ4v) is 2.53. The second kappa shape index (κ2) is 10.6. The largest absolute Gasteiger partial charge is 0.452 e. The molecular weight excluding hydrogens is 399 g/mol. The predicted molar refractivity (Wildman–Crippen MR) is 109 cm³/mol. The monoisotopic (exact) mass is 420 g/mol. The van der Waals surface area contributed by atoms with E-state index in [1.54, 1.807) is 0 Å². The zero-order chi connectivity index (χ0) is 21.4. The van der Waals surface area contributed by atoms with Gasteiger partial charge in [-0.3, -0.25) is 9.59 Å². The lowest BCUT2D eigenvalue weighted by atomic mass is 10.1. The van der Waals surface area contributed by atoms with Crippen molar-refractivity contribution in [2.75, 3.05) is 18.5 Å². The van der Waals surface area contributed by atoms with Gasteiger partial charge < -0.3 is 15.4 Å². The van der Waals surface area contributed by atoms with E-state index >= 15 is 0 Å². The molecule has 0 saturated heterocycles. The molecule has 0 atom stereocenters. The van der Waals surface area contributed by atoms with Gasteiger partial charge in [0.1, 0.15) is 5.82 Å². The molecule has 6 nitrogen and oxygen atoms in total. The SMILES string of the molecule is CC(C)CCNC(=O)COC(=O)c1ccc(Cl)cc1NC(=O)c1ccc(F)cc1. The fourth-order valence-electron chi connectivity index (χ4n) is 2.35. The van der Waals surface area contributed by atoms with Crippen LogP contribution in [0, 0.1) is 11.7 Å². The smallest absolute Gasteiger partial charge is 0.340 e. The second-order valence-corrected chi connectivity index (χ2v) is 7.20. The zero-order valence-electron chi connectivity index (χ0n) is 16.1. The summed E-state index contributed by atoms with van der Waals surface area (Å²) in [5.74, 6) is -1.77.